The number of hydrogen-bond acceptors (Lipinski definition) is 3. The Labute approximate surface area is 130 Å². The van der Waals surface area contributed by atoms with Crippen LogP contribution in [0, 0.1) is 6.92 Å². The van der Waals surface area contributed by atoms with Crippen LogP contribution >= 0.6 is 0 Å². The highest BCUT2D eigenvalue weighted by Crippen LogP contribution is 2.29. The highest BCUT2D eigenvalue weighted by molar-refractivity contribution is 5.96. The Kier molecular flexibility index (Phi) is 4.11. The summed E-state index contributed by atoms with van der Waals surface area (Å²) in [5.41, 5.74) is 9.02. The van der Waals surface area contributed by atoms with E-state index in [0.717, 1.165) is 17.5 Å². The maximum absolute atomic E-state index is 12.5. The van der Waals surface area contributed by atoms with Gasteiger partial charge in [-0.2, -0.15) is 0 Å². The Morgan fingerprint density at radius 3 is 2.77 bits per heavy atom. The van der Waals surface area contributed by atoms with Gasteiger partial charge in [0.05, 0.1) is 6.04 Å². The zero-order valence-corrected chi connectivity index (χ0v) is 12.6. The molecule has 1 aliphatic heterocycles. The van der Waals surface area contributed by atoms with Crippen molar-refractivity contribution in [3.63, 3.8) is 0 Å². The van der Waals surface area contributed by atoms with Crippen molar-refractivity contribution in [1.29, 1.82) is 0 Å². The maximum atomic E-state index is 12.5. The summed E-state index contributed by atoms with van der Waals surface area (Å²) in [6.07, 6.45) is 0.721. The van der Waals surface area contributed by atoms with Crippen molar-refractivity contribution < 1.29 is 9.53 Å². The molecule has 114 valence electrons. The molecule has 2 unspecified atom stereocenters. The fraction of sp³-hybridized carbons (Fsp3) is 0.278. The predicted molar refractivity (Wildman–Crippen MR) is 86.6 cm³/mol. The number of carbonyl (C=O) groups excluding carboxylic acids is 1. The summed E-state index contributed by atoms with van der Waals surface area (Å²) in [4.78, 5) is 12.5. The van der Waals surface area contributed by atoms with Gasteiger partial charge in [-0.05, 0) is 36.6 Å². The topological polar surface area (TPSA) is 64.4 Å². The van der Waals surface area contributed by atoms with Crippen LogP contribution in [0.2, 0.25) is 0 Å². The van der Waals surface area contributed by atoms with Crippen LogP contribution in [0.5, 0.6) is 0 Å². The van der Waals surface area contributed by atoms with Gasteiger partial charge in [-0.1, -0.05) is 36.4 Å². The first-order valence-corrected chi connectivity index (χ1v) is 7.48. The van der Waals surface area contributed by atoms with Crippen LogP contribution in [0.15, 0.2) is 48.5 Å². The largest absolute Gasteiger partial charge is 0.399 e. The Bertz CT molecular complexity index is 670. The molecule has 2 aromatic rings. The molecule has 1 amide bonds. The summed E-state index contributed by atoms with van der Waals surface area (Å²) in [6, 6.07) is 15.4. The molecule has 1 saturated heterocycles. The number of nitrogens with one attached hydrogen (secondary N) is 1. The molecule has 0 aromatic heterocycles. The third-order valence-corrected chi connectivity index (χ3v) is 4.04. The molecule has 2 atom stereocenters. The van der Waals surface area contributed by atoms with E-state index >= 15 is 0 Å². The van der Waals surface area contributed by atoms with Crippen molar-refractivity contribution in [2.24, 2.45) is 0 Å². The second-order valence-corrected chi connectivity index (χ2v) is 5.65. The van der Waals surface area contributed by atoms with Gasteiger partial charge in [0.1, 0.15) is 6.10 Å². The van der Waals surface area contributed by atoms with Gasteiger partial charge in [0, 0.05) is 17.9 Å². The van der Waals surface area contributed by atoms with Crippen LogP contribution in [0.3, 0.4) is 0 Å². The van der Waals surface area contributed by atoms with E-state index in [2.05, 4.69) is 5.32 Å². The van der Waals surface area contributed by atoms with Gasteiger partial charge < -0.3 is 15.8 Å². The molecule has 0 bridgehead atoms. The summed E-state index contributed by atoms with van der Waals surface area (Å²) in [6.45, 7) is 2.56. The summed E-state index contributed by atoms with van der Waals surface area (Å²) in [7, 11) is 0. The van der Waals surface area contributed by atoms with E-state index < -0.39 is 0 Å². The molecule has 4 heteroatoms. The minimum Gasteiger partial charge on any atom is -0.399 e. The van der Waals surface area contributed by atoms with Gasteiger partial charge in [0.25, 0.3) is 5.91 Å². The van der Waals surface area contributed by atoms with Gasteiger partial charge in [-0.15, -0.1) is 0 Å². The van der Waals surface area contributed by atoms with Crippen molar-refractivity contribution in [3.05, 3.63) is 65.2 Å². The Morgan fingerprint density at radius 1 is 1.23 bits per heavy atom. The number of ether oxygens (including phenoxy) is 1. The number of carbonyl (C=O) groups is 1. The third kappa shape index (κ3) is 2.97. The van der Waals surface area contributed by atoms with Crippen molar-refractivity contribution >= 4 is 11.6 Å². The van der Waals surface area contributed by atoms with E-state index in [1.54, 1.807) is 12.1 Å². The van der Waals surface area contributed by atoms with Crippen molar-refractivity contribution in [1.82, 2.24) is 5.32 Å². The number of rotatable bonds is 3. The zero-order chi connectivity index (χ0) is 15.5. The highest BCUT2D eigenvalue weighted by Gasteiger charge is 2.31. The molecule has 4 nitrogen and oxygen atoms in total. The fourth-order valence-corrected chi connectivity index (χ4v) is 2.84. The maximum Gasteiger partial charge on any atom is 0.251 e. The lowest BCUT2D eigenvalue weighted by Crippen LogP contribution is -2.37. The molecule has 0 aliphatic carbocycles. The van der Waals surface area contributed by atoms with E-state index in [9.17, 15) is 4.79 Å². The van der Waals surface area contributed by atoms with Crippen LogP contribution in [0.4, 0.5) is 5.69 Å². The molecule has 0 spiro atoms. The summed E-state index contributed by atoms with van der Waals surface area (Å²) in [5, 5.41) is 3.09. The lowest BCUT2D eigenvalue weighted by atomic mass is 10.0. The van der Waals surface area contributed by atoms with Gasteiger partial charge in [-0.3, -0.25) is 4.79 Å². The first-order valence-electron chi connectivity index (χ1n) is 7.48. The Morgan fingerprint density at radius 2 is 2.00 bits per heavy atom. The predicted octanol–water partition coefficient (Wildman–Crippen LogP) is 2.84. The van der Waals surface area contributed by atoms with Gasteiger partial charge in [-0.25, -0.2) is 0 Å². The van der Waals surface area contributed by atoms with Crippen molar-refractivity contribution in [3.8, 4) is 0 Å². The third-order valence-electron chi connectivity index (χ3n) is 4.04. The molecular formula is C18H20N2O2. The van der Waals surface area contributed by atoms with Gasteiger partial charge in [0.2, 0.25) is 0 Å². The van der Waals surface area contributed by atoms with Crippen molar-refractivity contribution in [2.75, 3.05) is 12.3 Å². The molecule has 2 aromatic carbocycles. The number of hydrogen-bond donors (Lipinski definition) is 2. The number of benzene rings is 2. The molecular weight excluding hydrogens is 276 g/mol. The number of anilines is 1. The van der Waals surface area contributed by atoms with Crippen molar-refractivity contribution in [2.45, 2.75) is 25.5 Å². The monoisotopic (exact) mass is 296 g/mol. The van der Waals surface area contributed by atoms with Crippen LogP contribution in [-0.2, 0) is 4.74 Å². The minimum atomic E-state index is -0.0961. The number of nitrogen functional groups attached to an aromatic ring is 1. The van der Waals surface area contributed by atoms with Gasteiger partial charge >= 0.3 is 0 Å². The van der Waals surface area contributed by atoms with Crippen LogP contribution < -0.4 is 11.1 Å². The van der Waals surface area contributed by atoms with Crippen LogP contribution in [0.1, 0.15) is 34.0 Å². The summed E-state index contributed by atoms with van der Waals surface area (Å²) in [5.74, 6) is -0.0961. The molecule has 22 heavy (non-hydrogen) atoms. The standard InChI is InChI=1S/C18H20N2O2/c1-12-7-8-14(19)11-15(12)18(21)20-16-9-10-22-17(16)13-5-3-2-4-6-13/h2-8,11,16-17H,9-10,19H2,1H3,(H,20,21). The quantitative estimate of drug-likeness (QED) is 0.856. The smallest absolute Gasteiger partial charge is 0.251 e. The zero-order valence-electron chi connectivity index (χ0n) is 12.6. The molecule has 3 rings (SSSR count). The van der Waals surface area contributed by atoms with Gasteiger partial charge in [0.15, 0.2) is 0 Å². The van der Waals surface area contributed by atoms with E-state index in [1.807, 2.05) is 43.3 Å². The minimum absolute atomic E-state index is 0.0178. The van der Waals surface area contributed by atoms with Crippen LogP contribution in [0.25, 0.3) is 0 Å². The second-order valence-electron chi connectivity index (χ2n) is 5.65. The normalized spacial score (nSPS) is 20.8. The summed E-state index contributed by atoms with van der Waals surface area (Å²) < 4.78 is 5.80. The van der Waals surface area contributed by atoms with E-state index in [-0.39, 0.29) is 18.1 Å². The molecule has 1 aliphatic rings. The number of aryl methyl sites for hydroxylation is 1. The highest BCUT2D eigenvalue weighted by atomic mass is 16.5. The van der Waals surface area contributed by atoms with E-state index in [4.69, 9.17) is 10.5 Å². The lowest BCUT2D eigenvalue weighted by Gasteiger charge is -2.20. The molecule has 3 N–H and O–H groups in total. The first-order chi connectivity index (χ1) is 10.6. The van der Waals surface area contributed by atoms with E-state index in [0.29, 0.717) is 17.9 Å². The SMILES string of the molecule is Cc1ccc(N)cc1C(=O)NC1CCOC1c1ccccc1. The molecule has 1 fully saturated rings. The number of amides is 1. The number of nitrogens with two attached hydrogens (primary N) is 1. The average molecular weight is 296 g/mol. The molecule has 1 heterocycles. The average Bonchev–Trinajstić information content (AvgIpc) is 2.98. The van der Waals surface area contributed by atoms with Crippen LogP contribution in [-0.4, -0.2) is 18.6 Å². The molecule has 0 radical (unpaired) electrons. The Hall–Kier alpha value is -2.33. The lowest BCUT2D eigenvalue weighted by molar-refractivity contribution is 0.0821. The first kappa shape index (κ1) is 14.6. The molecule has 0 saturated carbocycles. The fourth-order valence-electron chi connectivity index (χ4n) is 2.84. The summed E-state index contributed by atoms with van der Waals surface area (Å²) >= 11 is 0. The second kappa shape index (κ2) is 6.20. The van der Waals surface area contributed by atoms with E-state index in [1.165, 1.54) is 0 Å². The Balaban J connectivity index is 1.77.